The van der Waals surface area contributed by atoms with Crippen molar-refractivity contribution in [2.45, 2.75) is 4.90 Å². The third-order valence-electron chi connectivity index (χ3n) is 4.08. The number of hydrogen-bond acceptors (Lipinski definition) is 6. The molecule has 0 aliphatic rings. The van der Waals surface area contributed by atoms with Crippen molar-refractivity contribution in [1.82, 2.24) is 9.37 Å². The van der Waals surface area contributed by atoms with Gasteiger partial charge in [0.15, 0.2) is 0 Å². The van der Waals surface area contributed by atoms with Crippen LogP contribution in [0.2, 0.25) is 0 Å². The Hall–Kier alpha value is -2.62. The molecule has 0 saturated carbocycles. The molecule has 0 heterocycles. The summed E-state index contributed by atoms with van der Waals surface area (Å²) in [5.41, 5.74) is 0.262. The summed E-state index contributed by atoms with van der Waals surface area (Å²) in [5.74, 6) is 1.08. The minimum absolute atomic E-state index is 0.0226. The van der Waals surface area contributed by atoms with Crippen molar-refractivity contribution in [2.24, 2.45) is 0 Å². The number of hydroxylamine groups is 1. The topological polar surface area (TPSA) is 85.4 Å². The number of carbonyl (C=O) groups is 1. The van der Waals surface area contributed by atoms with Gasteiger partial charge in [0.25, 0.3) is 15.9 Å². The lowest BCUT2D eigenvalue weighted by atomic mass is 10.2. The number of hydrogen-bond donors (Lipinski definition) is 0. The lowest BCUT2D eigenvalue weighted by Gasteiger charge is -2.19. The number of sulfonamides is 1. The zero-order valence-electron chi connectivity index (χ0n) is 16.3. The van der Waals surface area contributed by atoms with Crippen LogP contribution in [-0.4, -0.2) is 65.2 Å². The number of likely N-dealkylation sites (N-methyl/N-ethyl adjacent to an activating group) is 1. The summed E-state index contributed by atoms with van der Waals surface area (Å²) in [6, 6.07) is 13.0. The van der Waals surface area contributed by atoms with Gasteiger partial charge in [0.05, 0.1) is 25.7 Å². The molecule has 0 saturated heterocycles. The van der Waals surface area contributed by atoms with E-state index < -0.39 is 10.0 Å². The van der Waals surface area contributed by atoms with Gasteiger partial charge >= 0.3 is 0 Å². The van der Waals surface area contributed by atoms with Crippen LogP contribution in [0.3, 0.4) is 0 Å². The van der Waals surface area contributed by atoms with Gasteiger partial charge in [-0.05, 0) is 42.5 Å². The van der Waals surface area contributed by atoms with Crippen LogP contribution in [0.1, 0.15) is 10.4 Å². The quantitative estimate of drug-likeness (QED) is 0.590. The standard InChI is InChI=1S/C19H24N2O6S/c1-20(12-13-27-17-10-8-16(25-3)9-11-17)19(22)15-6-5-7-18(14-15)28(23,24)21(2)26-4/h5-11,14H,12-13H2,1-4H3. The van der Waals surface area contributed by atoms with E-state index in [1.165, 1.54) is 37.3 Å². The third kappa shape index (κ3) is 5.22. The molecule has 0 aliphatic heterocycles. The SMILES string of the molecule is COc1ccc(OCCN(C)C(=O)c2cccc(S(=O)(=O)N(C)OC)c2)cc1. The molecule has 0 aliphatic carbocycles. The van der Waals surface area contributed by atoms with E-state index in [9.17, 15) is 13.2 Å². The summed E-state index contributed by atoms with van der Waals surface area (Å²) in [6.07, 6.45) is 0. The third-order valence-corrected chi connectivity index (χ3v) is 5.75. The van der Waals surface area contributed by atoms with E-state index in [0.717, 1.165) is 10.2 Å². The van der Waals surface area contributed by atoms with Crippen LogP contribution in [0.4, 0.5) is 0 Å². The number of ether oxygens (including phenoxy) is 2. The Morgan fingerprint density at radius 2 is 1.64 bits per heavy atom. The molecular formula is C19H24N2O6S. The molecule has 0 unspecified atom stereocenters. The fourth-order valence-corrected chi connectivity index (χ4v) is 3.35. The summed E-state index contributed by atoms with van der Waals surface area (Å²) >= 11 is 0. The number of nitrogens with zero attached hydrogens (tertiary/aromatic N) is 2. The molecule has 0 fully saturated rings. The lowest BCUT2D eigenvalue weighted by molar-refractivity contribution is -0.0258. The van der Waals surface area contributed by atoms with Crippen LogP contribution in [0, 0.1) is 0 Å². The van der Waals surface area contributed by atoms with Crippen molar-refractivity contribution in [3.05, 3.63) is 54.1 Å². The predicted octanol–water partition coefficient (Wildman–Crippen LogP) is 2.03. The van der Waals surface area contributed by atoms with Crippen LogP contribution in [-0.2, 0) is 14.9 Å². The van der Waals surface area contributed by atoms with Crippen LogP contribution in [0.25, 0.3) is 0 Å². The number of benzene rings is 2. The fourth-order valence-electron chi connectivity index (χ4n) is 2.33. The number of carbonyl (C=O) groups excluding carboxylic acids is 1. The highest BCUT2D eigenvalue weighted by Crippen LogP contribution is 2.18. The van der Waals surface area contributed by atoms with E-state index in [1.807, 2.05) is 0 Å². The number of amides is 1. The van der Waals surface area contributed by atoms with Crippen LogP contribution in [0.15, 0.2) is 53.4 Å². The number of methoxy groups -OCH3 is 1. The highest BCUT2D eigenvalue weighted by atomic mass is 32.2. The molecule has 2 aromatic carbocycles. The summed E-state index contributed by atoms with van der Waals surface area (Å²) < 4.78 is 36.1. The van der Waals surface area contributed by atoms with Gasteiger partial charge in [-0.25, -0.2) is 8.42 Å². The first-order valence-electron chi connectivity index (χ1n) is 8.45. The molecule has 0 radical (unpaired) electrons. The molecule has 2 aromatic rings. The summed E-state index contributed by atoms with van der Waals surface area (Å²) in [7, 11) is 1.93. The molecule has 0 bridgehead atoms. The maximum Gasteiger partial charge on any atom is 0.264 e. The van der Waals surface area contributed by atoms with Crippen molar-refractivity contribution in [1.29, 1.82) is 0 Å². The van der Waals surface area contributed by atoms with E-state index in [-0.39, 0.29) is 16.4 Å². The number of rotatable bonds is 9. The second-order valence-corrected chi connectivity index (χ2v) is 7.81. The van der Waals surface area contributed by atoms with Crippen LogP contribution >= 0.6 is 0 Å². The van der Waals surface area contributed by atoms with Gasteiger partial charge in [-0.1, -0.05) is 10.5 Å². The van der Waals surface area contributed by atoms with Crippen molar-refractivity contribution < 1.29 is 27.5 Å². The zero-order valence-corrected chi connectivity index (χ0v) is 17.1. The van der Waals surface area contributed by atoms with E-state index >= 15 is 0 Å². The normalized spacial score (nSPS) is 11.3. The Balaban J connectivity index is 1.99. The summed E-state index contributed by atoms with van der Waals surface area (Å²) in [5, 5.41) is 0. The van der Waals surface area contributed by atoms with Gasteiger partial charge < -0.3 is 14.4 Å². The highest BCUT2D eigenvalue weighted by molar-refractivity contribution is 7.89. The molecule has 9 heteroatoms. The second-order valence-electron chi connectivity index (χ2n) is 5.88. The molecule has 1 amide bonds. The van der Waals surface area contributed by atoms with Gasteiger partial charge in [-0.3, -0.25) is 9.63 Å². The second kappa shape index (κ2) is 9.54. The molecule has 0 aromatic heterocycles. The van der Waals surface area contributed by atoms with Gasteiger partial charge in [0, 0.05) is 19.7 Å². The maximum absolute atomic E-state index is 12.6. The first-order chi connectivity index (χ1) is 13.3. The van der Waals surface area contributed by atoms with E-state index in [4.69, 9.17) is 14.3 Å². The van der Waals surface area contributed by atoms with E-state index in [1.54, 1.807) is 44.5 Å². The smallest absolute Gasteiger partial charge is 0.264 e. The monoisotopic (exact) mass is 408 g/mol. The van der Waals surface area contributed by atoms with Crippen LogP contribution < -0.4 is 9.47 Å². The minimum atomic E-state index is -3.82. The predicted molar refractivity (Wildman–Crippen MR) is 104 cm³/mol. The van der Waals surface area contributed by atoms with Crippen molar-refractivity contribution in [3.63, 3.8) is 0 Å². The fraction of sp³-hybridized carbons (Fsp3) is 0.316. The maximum atomic E-state index is 12.6. The largest absolute Gasteiger partial charge is 0.497 e. The molecule has 2 rings (SSSR count). The average Bonchev–Trinajstić information content (AvgIpc) is 2.72. The average molecular weight is 408 g/mol. The molecule has 0 N–H and O–H groups in total. The molecular weight excluding hydrogens is 384 g/mol. The lowest BCUT2D eigenvalue weighted by Crippen LogP contribution is -2.31. The Morgan fingerprint density at radius 1 is 1.00 bits per heavy atom. The molecule has 0 spiro atoms. The summed E-state index contributed by atoms with van der Waals surface area (Å²) in [4.78, 5) is 18.8. The van der Waals surface area contributed by atoms with E-state index in [0.29, 0.717) is 18.9 Å². The molecule has 8 nitrogen and oxygen atoms in total. The van der Waals surface area contributed by atoms with Crippen molar-refractivity contribution in [3.8, 4) is 11.5 Å². The van der Waals surface area contributed by atoms with E-state index in [2.05, 4.69) is 0 Å². The highest BCUT2D eigenvalue weighted by Gasteiger charge is 2.22. The van der Waals surface area contributed by atoms with Gasteiger partial charge in [0.1, 0.15) is 18.1 Å². The Labute approximate surface area is 165 Å². The first kappa shape index (κ1) is 21.7. The van der Waals surface area contributed by atoms with Crippen molar-refractivity contribution in [2.75, 3.05) is 41.5 Å². The van der Waals surface area contributed by atoms with Gasteiger partial charge in [0.2, 0.25) is 0 Å². The summed E-state index contributed by atoms with van der Waals surface area (Å²) in [6.45, 7) is 0.624. The molecule has 152 valence electrons. The zero-order chi connectivity index (χ0) is 20.7. The van der Waals surface area contributed by atoms with Crippen LogP contribution in [0.5, 0.6) is 11.5 Å². The Kier molecular flexibility index (Phi) is 7.38. The first-order valence-corrected chi connectivity index (χ1v) is 9.89. The van der Waals surface area contributed by atoms with Gasteiger partial charge in [-0.15, -0.1) is 0 Å². The Morgan fingerprint density at radius 3 is 2.25 bits per heavy atom. The van der Waals surface area contributed by atoms with Gasteiger partial charge in [-0.2, -0.15) is 0 Å². The molecule has 28 heavy (non-hydrogen) atoms. The minimum Gasteiger partial charge on any atom is -0.497 e. The van der Waals surface area contributed by atoms with Crippen molar-refractivity contribution >= 4 is 15.9 Å². The Bertz CT molecular complexity index is 899. The molecule has 0 atom stereocenters.